The lowest BCUT2D eigenvalue weighted by Gasteiger charge is -2.32. The third kappa shape index (κ3) is 4.88. The van der Waals surface area contributed by atoms with Gasteiger partial charge in [-0.25, -0.2) is 0 Å². The van der Waals surface area contributed by atoms with Crippen LogP contribution in [0.5, 0.6) is 0 Å². The number of hydrogen-bond acceptors (Lipinski definition) is 2. The first kappa shape index (κ1) is 12.4. The summed E-state index contributed by atoms with van der Waals surface area (Å²) in [5.41, 5.74) is 5.49. The molecule has 0 aromatic carbocycles. The number of carbonyl (C=O) groups excluding carboxylic acids is 1. The zero-order valence-electron chi connectivity index (χ0n) is 9.42. The van der Waals surface area contributed by atoms with Crippen molar-refractivity contribution in [1.29, 1.82) is 0 Å². The number of rotatable bonds is 3. The van der Waals surface area contributed by atoms with Crippen molar-refractivity contribution in [3.05, 3.63) is 0 Å². The van der Waals surface area contributed by atoms with E-state index in [1.807, 2.05) is 34.7 Å². The van der Waals surface area contributed by atoms with Crippen LogP contribution in [0.4, 0.5) is 0 Å². The highest BCUT2D eigenvalue weighted by molar-refractivity contribution is 5.76. The molecule has 78 valence electrons. The van der Waals surface area contributed by atoms with Crippen molar-refractivity contribution >= 4 is 5.91 Å². The predicted octanol–water partition coefficient (Wildman–Crippen LogP) is 1.37. The Hall–Kier alpha value is -0.570. The van der Waals surface area contributed by atoms with Gasteiger partial charge in [0.2, 0.25) is 5.91 Å². The highest BCUT2D eigenvalue weighted by Gasteiger charge is 2.21. The molecule has 13 heavy (non-hydrogen) atoms. The molecule has 0 fully saturated rings. The van der Waals surface area contributed by atoms with Crippen molar-refractivity contribution in [3.8, 4) is 0 Å². The molecule has 1 amide bonds. The van der Waals surface area contributed by atoms with E-state index < -0.39 is 0 Å². The first-order chi connectivity index (χ1) is 5.75. The summed E-state index contributed by atoms with van der Waals surface area (Å²) in [6.07, 6.45) is 1.31. The van der Waals surface area contributed by atoms with Crippen LogP contribution in [0.3, 0.4) is 0 Å². The molecular weight excluding hydrogens is 164 g/mol. The van der Waals surface area contributed by atoms with E-state index in [4.69, 9.17) is 5.73 Å². The molecule has 1 atom stereocenters. The lowest BCUT2D eigenvalue weighted by Crippen LogP contribution is -2.42. The minimum Gasteiger partial charge on any atom is -0.341 e. The highest BCUT2D eigenvalue weighted by atomic mass is 16.2. The Bertz CT molecular complexity index is 170. The van der Waals surface area contributed by atoms with E-state index in [1.165, 1.54) is 0 Å². The van der Waals surface area contributed by atoms with E-state index in [1.54, 1.807) is 4.90 Å². The SMILES string of the molecule is CC(N)CCC(=O)N(C)C(C)(C)C. The fourth-order valence-corrected chi connectivity index (χ4v) is 0.893. The molecular formula is C10H22N2O. The van der Waals surface area contributed by atoms with Gasteiger partial charge in [0.1, 0.15) is 0 Å². The Morgan fingerprint density at radius 3 is 2.23 bits per heavy atom. The second-order valence-electron chi connectivity index (χ2n) is 4.64. The van der Waals surface area contributed by atoms with E-state index in [9.17, 15) is 4.79 Å². The van der Waals surface area contributed by atoms with Crippen LogP contribution in [0.25, 0.3) is 0 Å². The molecule has 0 saturated heterocycles. The third-order valence-electron chi connectivity index (χ3n) is 2.19. The maximum Gasteiger partial charge on any atom is 0.222 e. The molecule has 0 rings (SSSR count). The van der Waals surface area contributed by atoms with Gasteiger partial charge < -0.3 is 10.6 Å². The first-order valence-electron chi connectivity index (χ1n) is 4.77. The fraction of sp³-hybridized carbons (Fsp3) is 0.900. The van der Waals surface area contributed by atoms with Gasteiger partial charge in [-0.2, -0.15) is 0 Å². The van der Waals surface area contributed by atoms with Gasteiger partial charge in [0.05, 0.1) is 0 Å². The van der Waals surface area contributed by atoms with Crippen LogP contribution in [0.2, 0.25) is 0 Å². The maximum atomic E-state index is 11.6. The summed E-state index contributed by atoms with van der Waals surface area (Å²) in [7, 11) is 1.84. The largest absolute Gasteiger partial charge is 0.341 e. The van der Waals surface area contributed by atoms with Crippen LogP contribution < -0.4 is 5.73 Å². The van der Waals surface area contributed by atoms with Crippen LogP contribution in [0, 0.1) is 0 Å². The van der Waals surface area contributed by atoms with Crippen LogP contribution in [0.1, 0.15) is 40.5 Å². The van der Waals surface area contributed by atoms with Crippen molar-refractivity contribution in [2.75, 3.05) is 7.05 Å². The van der Waals surface area contributed by atoms with Gasteiger partial charge in [-0.3, -0.25) is 4.79 Å². The third-order valence-corrected chi connectivity index (χ3v) is 2.19. The van der Waals surface area contributed by atoms with E-state index in [0.29, 0.717) is 6.42 Å². The van der Waals surface area contributed by atoms with Gasteiger partial charge in [-0.05, 0) is 34.1 Å². The highest BCUT2D eigenvalue weighted by Crippen LogP contribution is 2.12. The number of carbonyl (C=O) groups is 1. The average molecular weight is 186 g/mol. The van der Waals surface area contributed by atoms with Gasteiger partial charge >= 0.3 is 0 Å². The Kier molecular flexibility index (Phi) is 4.40. The summed E-state index contributed by atoms with van der Waals surface area (Å²) in [4.78, 5) is 13.3. The summed E-state index contributed by atoms with van der Waals surface area (Å²) < 4.78 is 0. The summed E-state index contributed by atoms with van der Waals surface area (Å²) in [6, 6.07) is 0.109. The van der Waals surface area contributed by atoms with Gasteiger partial charge in [0.25, 0.3) is 0 Å². The van der Waals surface area contributed by atoms with Crippen molar-refractivity contribution in [3.63, 3.8) is 0 Å². The summed E-state index contributed by atoms with van der Waals surface area (Å²) in [5, 5.41) is 0. The van der Waals surface area contributed by atoms with Crippen molar-refractivity contribution in [2.45, 2.75) is 52.1 Å². The second-order valence-corrected chi connectivity index (χ2v) is 4.64. The van der Waals surface area contributed by atoms with Crippen molar-refractivity contribution < 1.29 is 4.79 Å². The second kappa shape index (κ2) is 4.61. The Morgan fingerprint density at radius 2 is 1.92 bits per heavy atom. The molecule has 0 aromatic heterocycles. The molecule has 0 radical (unpaired) electrons. The van der Waals surface area contributed by atoms with Gasteiger partial charge in [0, 0.05) is 25.0 Å². The first-order valence-corrected chi connectivity index (χ1v) is 4.77. The molecule has 3 heteroatoms. The van der Waals surface area contributed by atoms with Gasteiger partial charge in [-0.1, -0.05) is 0 Å². The Labute approximate surface area is 81.3 Å². The standard InChI is InChI=1S/C10H22N2O/c1-8(11)6-7-9(13)12(5)10(2,3)4/h8H,6-7,11H2,1-5H3. The average Bonchev–Trinajstić information content (AvgIpc) is 1.96. The normalized spacial score (nSPS) is 14.0. The minimum absolute atomic E-state index is 0.0884. The predicted molar refractivity (Wildman–Crippen MR) is 55.4 cm³/mol. The van der Waals surface area contributed by atoms with Crippen LogP contribution >= 0.6 is 0 Å². The zero-order valence-corrected chi connectivity index (χ0v) is 9.42. The van der Waals surface area contributed by atoms with E-state index in [0.717, 1.165) is 6.42 Å². The molecule has 3 nitrogen and oxygen atoms in total. The molecule has 0 spiro atoms. The molecule has 0 bridgehead atoms. The Balaban J connectivity index is 3.98. The molecule has 1 unspecified atom stereocenters. The van der Waals surface area contributed by atoms with E-state index in [2.05, 4.69) is 0 Å². The quantitative estimate of drug-likeness (QED) is 0.723. The van der Waals surface area contributed by atoms with Crippen molar-refractivity contribution in [1.82, 2.24) is 4.90 Å². The van der Waals surface area contributed by atoms with Gasteiger partial charge in [0.15, 0.2) is 0 Å². The number of amides is 1. The maximum absolute atomic E-state index is 11.6. The van der Waals surface area contributed by atoms with E-state index >= 15 is 0 Å². The fourth-order valence-electron chi connectivity index (χ4n) is 0.893. The Morgan fingerprint density at radius 1 is 1.46 bits per heavy atom. The molecule has 0 saturated carbocycles. The van der Waals surface area contributed by atoms with Crippen LogP contribution in [0.15, 0.2) is 0 Å². The van der Waals surface area contributed by atoms with Crippen LogP contribution in [-0.4, -0.2) is 29.4 Å². The van der Waals surface area contributed by atoms with E-state index in [-0.39, 0.29) is 17.5 Å². The topological polar surface area (TPSA) is 46.3 Å². The van der Waals surface area contributed by atoms with Crippen LogP contribution in [-0.2, 0) is 4.79 Å². The number of nitrogens with zero attached hydrogens (tertiary/aromatic N) is 1. The summed E-state index contributed by atoms with van der Waals surface area (Å²) in [5.74, 6) is 0.171. The van der Waals surface area contributed by atoms with Crippen molar-refractivity contribution in [2.24, 2.45) is 5.73 Å². The molecule has 0 aliphatic carbocycles. The smallest absolute Gasteiger partial charge is 0.222 e. The molecule has 0 aliphatic heterocycles. The zero-order chi connectivity index (χ0) is 10.6. The number of nitrogens with two attached hydrogens (primary N) is 1. The summed E-state index contributed by atoms with van der Waals surface area (Å²) in [6.45, 7) is 7.99. The lowest BCUT2D eigenvalue weighted by molar-refractivity contribution is -0.134. The monoisotopic (exact) mass is 186 g/mol. The lowest BCUT2D eigenvalue weighted by atomic mass is 10.1. The minimum atomic E-state index is -0.0884. The molecule has 2 N–H and O–H groups in total. The molecule has 0 aromatic rings. The van der Waals surface area contributed by atoms with Gasteiger partial charge in [-0.15, -0.1) is 0 Å². The number of hydrogen-bond donors (Lipinski definition) is 1. The molecule has 0 aliphatic rings. The summed E-state index contributed by atoms with van der Waals surface area (Å²) >= 11 is 0. The molecule has 0 heterocycles.